The first kappa shape index (κ1) is 33.2. The number of hydrogen-bond acceptors (Lipinski definition) is 6. The van der Waals surface area contributed by atoms with Crippen LogP contribution in [0.1, 0.15) is 54.4 Å². The van der Waals surface area contributed by atoms with Gasteiger partial charge in [0.2, 0.25) is 0 Å². The molecule has 2 aliphatic rings. The Morgan fingerprint density at radius 1 is 1.00 bits per heavy atom. The maximum atomic E-state index is 12.0. The molecule has 0 aromatic heterocycles. The van der Waals surface area contributed by atoms with Crippen LogP contribution in [0.4, 0.5) is 0 Å². The quantitative estimate of drug-likeness (QED) is 0.235. The smallest absolute Gasteiger partial charge is 0.272 e. The molecule has 2 heterocycles. The standard InChI is InChI=1S/C34H39Cl3N2O5/c1-22-30(19-39-16-4-7-29(39)21-42-2)43-32(44-31(22)26-10-8-23(20-40)9-11-26)27-14-12-25(13-15-27)28-6-3-5-24(17-28)18-38-33(41)34(35,36)37/h3,5-6,8-15,17,22,29-32,40H,4,7,16,18-21H2,1-2H3,(H,38,41). The van der Waals surface area contributed by atoms with Gasteiger partial charge in [0, 0.05) is 37.7 Å². The lowest BCUT2D eigenvalue weighted by atomic mass is 9.89. The van der Waals surface area contributed by atoms with Crippen LogP contribution < -0.4 is 5.32 Å². The molecule has 5 atom stereocenters. The highest BCUT2D eigenvalue weighted by molar-refractivity contribution is 6.76. The van der Waals surface area contributed by atoms with Crippen molar-refractivity contribution in [3.05, 3.63) is 95.1 Å². The van der Waals surface area contributed by atoms with Gasteiger partial charge in [-0.15, -0.1) is 0 Å². The highest BCUT2D eigenvalue weighted by atomic mass is 35.6. The Morgan fingerprint density at radius 3 is 2.41 bits per heavy atom. The predicted molar refractivity (Wildman–Crippen MR) is 173 cm³/mol. The van der Waals surface area contributed by atoms with E-state index in [1.165, 1.54) is 0 Å². The summed E-state index contributed by atoms with van der Waals surface area (Å²) in [5.74, 6) is -0.557. The van der Waals surface area contributed by atoms with Gasteiger partial charge >= 0.3 is 0 Å². The number of aliphatic hydroxyl groups is 1. The number of carbonyl (C=O) groups excluding carboxylic acids is 1. The molecule has 1 amide bonds. The van der Waals surface area contributed by atoms with Crippen LogP contribution in [0.15, 0.2) is 72.8 Å². The molecule has 44 heavy (non-hydrogen) atoms. The van der Waals surface area contributed by atoms with Crippen molar-refractivity contribution >= 4 is 40.7 Å². The van der Waals surface area contributed by atoms with Crippen LogP contribution in [-0.4, -0.2) is 58.7 Å². The van der Waals surface area contributed by atoms with Gasteiger partial charge in [-0.25, -0.2) is 0 Å². The molecular weight excluding hydrogens is 623 g/mol. The van der Waals surface area contributed by atoms with E-state index in [1.807, 2.05) is 72.8 Å². The highest BCUT2D eigenvalue weighted by Gasteiger charge is 2.40. The van der Waals surface area contributed by atoms with Crippen LogP contribution in [0.5, 0.6) is 0 Å². The largest absolute Gasteiger partial charge is 0.392 e. The maximum Gasteiger partial charge on any atom is 0.272 e. The molecule has 2 saturated heterocycles. The molecule has 0 aliphatic carbocycles. The number of likely N-dealkylation sites (tertiary alicyclic amines) is 1. The van der Waals surface area contributed by atoms with E-state index in [1.54, 1.807) is 7.11 Å². The summed E-state index contributed by atoms with van der Waals surface area (Å²) in [4.78, 5) is 14.5. The van der Waals surface area contributed by atoms with Gasteiger partial charge in [0.1, 0.15) is 0 Å². The third-order valence-electron chi connectivity index (χ3n) is 8.55. The summed E-state index contributed by atoms with van der Waals surface area (Å²) < 4.78 is 16.9. The van der Waals surface area contributed by atoms with E-state index in [2.05, 4.69) is 17.1 Å². The number of hydrogen-bond donors (Lipinski definition) is 2. The van der Waals surface area contributed by atoms with Gasteiger partial charge in [0.15, 0.2) is 6.29 Å². The third kappa shape index (κ3) is 8.14. The zero-order valence-corrected chi connectivity index (χ0v) is 27.2. The summed E-state index contributed by atoms with van der Waals surface area (Å²) in [7, 11) is 1.76. The normalized spacial score (nSPS) is 24.4. The van der Waals surface area contributed by atoms with Crippen LogP contribution in [0.25, 0.3) is 11.1 Å². The number of nitrogens with zero attached hydrogens (tertiary/aromatic N) is 1. The number of rotatable bonds is 10. The summed E-state index contributed by atoms with van der Waals surface area (Å²) in [5, 5.41) is 12.2. The summed E-state index contributed by atoms with van der Waals surface area (Å²) in [6.45, 7) is 4.99. The number of alkyl halides is 3. The van der Waals surface area contributed by atoms with Crippen molar-refractivity contribution in [2.24, 2.45) is 5.92 Å². The minimum Gasteiger partial charge on any atom is -0.392 e. The molecule has 2 fully saturated rings. The lowest BCUT2D eigenvalue weighted by Crippen LogP contribution is -2.46. The number of halogens is 3. The van der Waals surface area contributed by atoms with Gasteiger partial charge in [0.05, 0.1) is 25.4 Å². The van der Waals surface area contributed by atoms with Crippen molar-refractivity contribution in [1.29, 1.82) is 0 Å². The van der Waals surface area contributed by atoms with E-state index in [0.717, 1.165) is 65.9 Å². The lowest BCUT2D eigenvalue weighted by molar-refractivity contribution is -0.276. The summed E-state index contributed by atoms with van der Waals surface area (Å²) in [5.41, 5.74) is 5.76. The van der Waals surface area contributed by atoms with Gasteiger partial charge in [-0.2, -0.15) is 0 Å². The Kier molecular flexibility index (Phi) is 11.3. The van der Waals surface area contributed by atoms with Crippen molar-refractivity contribution in [3.63, 3.8) is 0 Å². The zero-order chi connectivity index (χ0) is 31.3. The molecule has 7 nitrogen and oxygen atoms in total. The maximum absolute atomic E-state index is 12.0. The number of benzene rings is 3. The summed E-state index contributed by atoms with van der Waals surface area (Å²) >= 11 is 17.0. The second-order valence-corrected chi connectivity index (χ2v) is 13.9. The fourth-order valence-corrected chi connectivity index (χ4v) is 6.25. The lowest BCUT2D eigenvalue weighted by Gasteiger charge is -2.43. The molecule has 0 spiro atoms. The molecule has 2 N–H and O–H groups in total. The molecule has 5 rings (SSSR count). The van der Waals surface area contributed by atoms with E-state index < -0.39 is 16.0 Å². The van der Waals surface area contributed by atoms with Gasteiger partial charge < -0.3 is 24.6 Å². The van der Waals surface area contributed by atoms with Gasteiger partial charge in [0.25, 0.3) is 9.70 Å². The average Bonchev–Trinajstić information content (AvgIpc) is 3.47. The van der Waals surface area contributed by atoms with Crippen LogP contribution in [-0.2, 0) is 32.2 Å². The topological polar surface area (TPSA) is 80.3 Å². The molecule has 0 bridgehead atoms. The first-order chi connectivity index (χ1) is 21.2. The monoisotopic (exact) mass is 660 g/mol. The zero-order valence-electron chi connectivity index (χ0n) is 24.9. The first-order valence-electron chi connectivity index (χ1n) is 14.9. The Bertz CT molecular complexity index is 1380. The van der Waals surface area contributed by atoms with Crippen molar-refractivity contribution in [3.8, 4) is 11.1 Å². The molecule has 5 unspecified atom stereocenters. The van der Waals surface area contributed by atoms with Crippen LogP contribution in [0.2, 0.25) is 0 Å². The molecule has 3 aromatic carbocycles. The SMILES string of the molecule is COCC1CCCN1CC1OC(c2ccc(-c3cccc(CNC(=O)C(Cl)(Cl)Cl)c3)cc2)OC(c2ccc(CO)cc2)C1C. The Hall–Kier alpha value is -2.20. The number of nitrogens with one attached hydrogen (secondary N) is 1. The molecule has 3 aromatic rings. The molecular formula is C34H39Cl3N2O5. The van der Waals surface area contributed by atoms with E-state index in [4.69, 9.17) is 49.0 Å². The minimum absolute atomic E-state index is 0.00438. The fourth-order valence-electron chi connectivity index (χ4n) is 6.05. The highest BCUT2D eigenvalue weighted by Crippen LogP contribution is 2.42. The van der Waals surface area contributed by atoms with Crippen LogP contribution in [0, 0.1) is 5.92 Å². The number of carbonyl (C=O) groups is 1. The number of methoxy groups -OCH3 is 1. The van der Waals surface area contributed by atoms with Gasteiger partial charge in [-0.3, -0.25) is 9.69 Å². The third-order valence-corrected chi connectivity index (χ3v) is 9.06. The molecule has 0 saturated carbocycles. The molecule has 2 aliphatic heterocycles. The van der Waals surface area contributed by atoms with E-state index >= 15 is 0 Å². The van der Waals surface area contributed by atoms with Crippen LogP contribution in [0.3, 0.4) is 0 Å². The Morgan fingerprint density at radius 2 is 1.73 bits per heavy atom. The average molecular weight is 662 g/mol. The minimum atomic E-state index is -2.00. The second-order valence-electron chi connectivity index (χ2n) is 11.6. The van der Waals surface area contributed by atoms with Crippen molar-refractivity contribution in [1.82, 2.24) is 10.2 Å². The Labute approximate surface area is 274 Å². The van der Waals surface area contributed by atoms with E-state index in [9.17, 15) is 9.90 Å². The summed E-state index contributed by atoms with van der Waals surface area (Å²) in [6, 6.07) is 24.4. The van der Waals surface area contributed by atoms with E-state index in [-0.39, 0.29) is 31.3 Å². The van der Waals surface area contributed by atoms with Gasteiger partial charge in [-0.05, 0) is 53.3 Å². The molecule has 0 radical (unpaired) electrons. The number of aliphatic hydroxyl groups excluding tert-OH is 1. The molecule has 10 heteroatoms. The second kappa shape index (κ2) is 14.9. The van der Waals surface area contributed by atoms with Crippen molar-refractivity contribution in [2.75, 3.05) is 26.8 Å². The van der Waals surface area contributed by atoms with Gasteiger partial charge in [-0.1, -0.05) is 108 Å². The Balaban J connectivity index is 1.34. The van der Waals surface area contributed by atoms with Crippen molar-refractivity contribution < 1.29 is 24.1 Å². The number of amides is 1. The predicted octanol–water partition coefficient (Wildman–Crippen LogP) is 6.73. The van der Waals surface area contributed by atoms with Crippen molar-refractivity contribution in [2.45, 2.75) is 61.2 Å². The first-order valence-corrected chi connectivity index (χ1v) is 16.1. The molecule has 236 valence electrons. The van der Waals surface area contributed by atoms with E-state index in [0.29, 0.717) is 6.04 Å². The van der Waals surface area contributed by atoms with Crippen LogP contribution >= 0.6 is 34.8 Å². The summed E-state index contributed by atoms with van der Waals surface area (Å²) in [6.07, 6.45) is 1.52. The number of ether oxygens (including phenoxy) is 3. The fraction of sp³-hybridized carbons (Fsp3) is 0.441.